The highest BCUT2D eigenvalue weighted by Gasteiger charge is 2.24. The van der Waals surface area contributed by atoms with Crippen molar-refractivity contribution in [2.24, 2.45) is 0 Å². The van der Waals surface area contributed by atoms with Crippen LogP contribution < -0.4 is 4.57 Å². The Morgan fingerprint density at radius 3 is 2.30 bits per heavy atom. The van der Waals surface area contributed by atoms with Crippen molar-refractivity contribution in [1.82, 2.24) is 0 Å². The quantitative estimate of drug-likeness (QED) is 0.364. The second-order valence-corrected chi connectivity index (χ2v) is 6.71. The van der Waals surface area contributed by atoms with Gasteiger partial charge in [0.25, 0.3) is 5.69 Å². The van der Waals surface area contributed by atoms with Crippen LogP contribution in [0.25, 0.3) is 11.1 Å². The molecule has 0 aliphatic carbocycles. The molecule has 0 saturated carbocycles. The molecule has 23 heavy (non-hydrogen) atoms. The van der Waals surface area contributed by atoms with E-state index in [9.17, 15) is 17.8 Å². The molecule has 1 heterocycles. The molecule has 0 radical (unpaired) electrons. The van der Waals surface area contributed by atoms with Gasteiger partial charge in [-0.05, 0) is 24.6 Å². The predicted octanol–water partition coefficient (Wildman–Crippen LogP) is 2.32. The summed E-state index contributed by atoms with van der Waals surface area (Å²) in [5, 5.41) is 0. The normalized spacial score (nSPS) is 11.3. The molecule has 0 atom stereocenters. The number of carbonyl (C=O) groups excluding carboxylic acids is 1. The number of hydrogen-bond donors (Lipinski definition) is 0. The van der Waals surface area contributed by atoms with Gasteiger partial charge in [0.1, 0.15) is 10.1 Å². The van der Waals surface area contributed by atoms with Gasteiger partial charge in [0.15, 0.2) is 12.7 Å². The molecule has 0 bridgehead atoms. The van der Waals surface area contributed by atoms with Gasteiger partial charge in [-0.1, -0.05) is 24.8 Å². The highest BCUT2D eigenvalue weighted by Crippen LogP contribution is 2.28. The van der Waals surface area contributed by atoms with E-state index in [4.69, 9.17) is 0 Å². The number of aromatic nitrogens is 1. The first-order valence-electron chi connectivity index (χ1n) is 6.95. The van der Waals surface area contributed by atoms with Gasteiger partial charge in [0.05, 0.1) is 10.5 Å². The predicted molar refractivity (Wildman–Crippen MR) is 84.9 cm³/mol. The maximum absolute atomic E-state index is 12.1. The van der Waals surface area contributed by atoms with Crippen LogP contribution in [0, 0.1) is 0 Å². The van der Waals surface area contributed by atoms with Crippen LogP contribution in [0.2, 0.25) is 0 Å². The van der Waals surface area contributed by atoms with Crippen LogP contribution in [0.3, 0.4) is 0 Å². The largest absolute Gasteiger partial charge is 0.744 e. The first-order valence-corrected chi connectivity index (χ1v) is 8.35. The van der Waals surface area contributed by atoms with Gasteiger partial charge < -0.3 is 4.55 Å². The zero-order valence-electron chi connectivity index (χ0n) is 12.9. The first-order chi connectivity index (χ1) is 10.7. The van der Waals surface area contributed by atoms with Gasteiger partial charge in [-0.15, -0.1) is 0 Å². The van der Waals surface area contributed by atoms with Crippen LogP contribution in [-0.4, -0.2) is 18.8 Å². The Hall–Kier alpha value is -2.31. The molecular formula is C17H17NO4S. The summed E-state index contributed by atoms with van der Waals surface area (Å²) in [5.41, 5.74) is 1.83. The molecule has 0 amide bonds. The molecule has 2 rings (SSSR count). The molecule has 0 aliphatic rings. The number of Topliss-reactive ketones (excluding diaryl/α,β-unsaturated/α-hetero) is 1. The molecule has 6 heteroatoms. The zero-order chi connectivity index (χ0) is 17.2. The summed E-state index contributed by atoms with van der Waals surface area (Å²) in [6, 6.07) is 9.22. The van der Waals surface area contributed by atoms with E-state index in [1.165, 1.54) is 25.1 Å². The number of ketones is 1. The lowest BCUT2D eigenvalue weighted by atomic mass is 10.0. The second-order valence-electron chi connectivity index (χ2n) is 5.36. The summed E-state index contributed by atoms with van der Waals surface area (Å²) in [6.45, 7) is 7.50. The molecule has 0 fully saturated rings. The number of carbonyl (C=O) groups is 1. The van der Waals surface area contributed by atoms with Crippen molar-refractivity contribution in [2.45, 2.75) is 25.3 Å². The van der Waals surface area contributed by atoms with E-state index in [0.29, 0.717) is 17.8 Å². The van der Waals surface area contributed by atoms with Crippen molar-refractivity contribution >= 4 is 15.9 Å². The topological polar surface area (TPSA) is 78.2 Å². The Kier molecular flexibility index (Phi) is 4.77. The van der Waals surface area contributed by atoms with Crippen molar-refractivity contribution in [1.29, 1.82) is 0 Å². The van der Waals surface area contributed by atoms with Crippen molar-refractivity contribution < 1.29 is 22.3 Å². The molecule has 0 spiro atoms. The lowest BCUT2D eigenvalue weighted by molar-refractivity contribution is -0.690. The van der Waals surface area contributed by atoms with Gasteiger partial charge in [-0.2, -0.15) is 4.57 Å². The zero-order valence-corrected chi connectivity index (χ0v) is 13.8. The molecule has 5 nitrogen and oxygen atoms in total. The molecule has 0 aliphatic heterocycles. The average Bonchev–Trinajstić information content (AvgIpc) is 2.45. The third kappa shape index (κ3) is 3.72. The van der Waals surface area contributed by atoms with Crippen molar-refractivity contribution in [3.05, 3.63) is 60.4 Å². The third-order valence-electron chi connectivity index (χ3n) is 3.29. The standard InChI is InChI=1S/C17H17NO4S/c1-12(2)11-18-10-6-8-15(17(18)13(3)19)14-7-4-5-9-16(14)23(20,21)22/h4-10H,1,11H2,2-3H3. The van der Waals surface area contributed by atoms with Crippen LogP contribution in [0.15, 0.2) is 59.6 Å². The summed E-state index contributed by atoms with van der Waals surface area (Å²) >= 11 is 0. The van der Waals surface area contributed by atoms with Gasteiger partial charge in [0.2, 0.25) is 5.78 Å². The van der Waals surface area contributed by atoms with E-state index < -0.39 is 10.1 Å². The third-order valence-corrected chi connectivity index (χ3v) is 4.19. The van der Waals surface area contributed by atoms with E-state index in [0.717, 1.165) is 5.57 Å². The fourth-order valence-corrected chi connectivity index (χ4v) is 3.18. The minimum atomic E-state index is -4.65. The smallest absolute Gasteiger partial charge is 0.256 e. The van der Waals surface area contributed by atoms with Gasteiger partial charge in [-0.25, -0.2) is 8.42 Å². The average molecular weight is 331 g/mol. The SMILES string of the molecule is C=C(C)C[n+]1cccc(-c2ccccc2S(=O)(=O)[O-])c1C(C)=O. The van der Waals surface area contributed by atoms with Crippen LogP contribution in [0.4, 0.5) is 0 Å². The minimum Gasteiger partial charge on any atom is -0.744 e. The fraction of sp³-hybridized carbons (Fsp3) is 0.176. The van der Waals surface area contributed by atoms with Crippen molar-refractivity contribution in [3.63, 3.8) is 0 Å². The summed E-state index contributed by atoms with van der Waals surface area (Å²) in [4.78, 5) is 11.8. The summed E-state index contributed by atoms with van der Waals surface area (Å²) < 4.78 is 36.2. The Labute approximate surface area is 135 Å². The number of nitrogens with zero attached hydrogens (tertiary/aromatic N) is 1. The van der Waals surface area contributed by atoms with Crippen LogP contribution in [-0.2, 0) is 16.7 Å². The molecule has 2 aromatic rings. The number of hydrogen-bond acceptors (Lipinski definition) is 4. The monoisotopic (exact) mass is 331 g/mol. The molecule has 1 aromatic carbocycles. The van der Waals surface area contributed by atoms with E-state index in [1.54, 1.807) is 29.0 Å². The summed E-state index contributed by atoms with van der Waals surface area (Å²) in [5.74, 6) is -0.222. The molecule has 120 valence electrons. The Morgan fingerprint density at radius 1 is 1.13 bits per heavy atom. The van der Waals surface area contributed by atoms with Crippen molar-refractivity contribution in [2.75, 3.05) is 0 Å². The number of rotatable bonds is 5. The van der Waals surface area contributed by atoms with Crippen LogP contribution in [0.5, 0.6) is 0 Å². The van der Waals surface area contributed by atoms with Crippen molar-refractivity contribution in [3.8, 4) is 11.1 Å². The molecule has 0 saturated heterocycles. The Morgan fingerprint density at radius 2 is 1.74 bits per heavy atom. The van der Waals surface area contributed by atoms with E-state index >= 15 is 0 Å². The second kappa shape index (κ2) is 6.44. The molecule has 0 N–H and O–H groups in total. The minimum absolute atomic E-state index is 0.222. The van der Waals surface area contributed by atoms with Gasteiger partial charge >= 0.3 is 0 Å². The molecule has 1 aromatic heterocycles. The highest BCUT2D eigenvalue weighted by atomic mass is 32.2. The fourth-order valence-electron chi connectivity index (χ4n) is 2.49. The van der Waals surface area contributed by atoms with Gasteiger partial charge in [-0.3, -0.25) is 4.79 Å². The maximum atomic E-state index is 12.1. The lowest BCUT2D eigenvalue weighted by Crippen LogP contribution is -2.40. The maximum Gasteiger partial charge on any atom is 0.256 e. The Balaban J connectivity index is 2.80. The highest BCUT2D eigenvalue weighted by molar-refractivity contribution is 7.85. The lowest BCUT2D eigenvalue weighted by Gasteiger charge is -2.14. The van der Waals surface area contributed by atoms with Gasteiger partial charge in [0, 0.05) is 18.6 Å². The molecule has 0 unspecified atom stereocenters. The number of pyridine rings is 1. The van der Waals surface area contributed by atoms with E-state index in [2.05, 4.69) is 6.58 Å². The van der Waals surface area contributed by atoms with E-state index in [1.807, 2.05) is 6.92 Å². The Bertz CT molecular complexity index is 885. The van der Waals surface area contributed by atoms with Crippen LogP contribution in [0.1, 0.15) is 24.3 Å². The van der Waals surface area contributed by atoms with Crippen LogP contribution >= 0.6 is 0 Å². The summed E-state index contributed by atoms with van der Waals surface area (Å²) in [7, 11) is -4.65. The summed E-state index contributed by atoms with van der Waals surface area (Å²) in [6.07, 6.45) is 1.73. The number of benzene rings is 1. The first kappa shape index (κ1) is 17.1. The number of allylic oxidation sites excluding steroid dienone is 1. The van der Waals surface area contributed by atoms with E-state index in [-0.39, 0.29) is 16.2 Å². The molecular weight excluding hydrogens is 314 g/mol.